The average molecular weight is 419 g/mol. The number of hydrogen-bond acceptors (Lipinski definition) is 4. The lowest BCUT2D eigenvalue weighted by molar-refractivity contribution is 0.0540. The first-order valence-electron chi connectivity index (χ1n) is 10.7. The summed E-state index contributed by atoms with van der Waals surface area (Å²) in [6.45, 7) is 5.45. The summed E-state index contributed by atoms with van der Waals surface area (Å²) in [7, 11) is 0. The van der Waals surface area contributed by atoms with Gasteiger partial charge >= 0.3 is 0 Å². The van der Waals surface area contributed by atoms with E-state index in [-0.39, 0.29) is 17.8 Å². The van der Waals surface area contributed by atoms with Crippen LogP contribution in [0, 0.1) is 18.7 Å². The summed E-state index contributed by atoms with van der Waals surface area (Å²) in [6, 6.07) is 14.7. The lowest BCUT2D eigenvalue weighted by Crippen LogP contribution is -2.51. The van der Waals surface area contributed by atoms with Crippen LogP contribution in [0.15, 0.2) is 60.9 Å². The van der Waals surface area contributed by atoms with E-state index in [1.165, 1.54) is 12.3 Å². The monoisotopic (exact) mass is 418 g/mol. The molecule has 1 aliphatic heterocycles. The van der Waals surface area contributed by atoms with Crippen molar-refractivity contribution in [2.24, 2.45) is 5.92 Å². The van der Waals surface area contributed by atoms with Crippen LogP contribution in [-0.2, 0) is 0 Å². The van der Waals surface area contributed by atoms with Crippen LogP contribution in [0.3, 0.4) is 0 Å². The fourth-order valence-electron chi connectivity index (χ4n) is 4.24. The van der Waals surface area contributed by atoms with Gasteiger partial charge in [0.2, 0.25) is 0 Å². The molecule has 1 aliphatic rings. The summed E-state index contributed by atoms with van der Waals surface area (Å²) in [5.41, 5.74) is 3.36. The maximum atomic E-state index is 13.8. The number of aromatic nitrogens is 2. The lowest BCUT2D eigenvalue weighted by atomic mass is 9.89. The van der Waals surface area contributed by atoms with E-state index in [0.717, 1.165) is 29.7 Å². The van der Waals surface area contributed by atoms with E-state index in [9.17, 15) is 9.18 Å². The molecule has 4 rings (SSSR count). The van der Waals surface area contributed by atoms with Crippen LogP contribution in [0.2, 0.25) is 0 Å². The number of carbonyl (C=O) groups is 1. The summed E-state index contributed by atoms with van der Waals surface area (Å²) in [6.07, 6.45) is 4.98. The highest BCUT2D eigenvalue weighted by atomic mass is 19.1. The first-order valence-corrected chi connectivity index (χ1v) is 10.7. The molecule has 5 nitrogen and oxygen atoms in total. The molecule has 1 unspecified atom stereocenters. The van der Waals surface area contributed by atoms with Crippen LogP contribution in [-0.4, -0.2) is 39.9 Å². The second-order valence-electron chi connectivity index (χ2n) is 8.19. The highest BCUT2D eigenvalue weighted by Gasteiger charge is 2.33. The van der Waals surface area contributed by atoms with Crippen LogP contribution in [0.25, 0.3) is 11.3 Å². The number of hydrogen-bond donors (Lipinski definition) is 1. The molecule has 0 radical (unpaired) electrons. The molecule has 3 heterocycles. The van der Waals surface area contributed by atoms with Gasteiger partial charge in [-0.2, -0.15) is 0 Å². The largest absolute Gasteiger partial charge is 0.368 e. The summed E-state index contributed by atoms with van der Waals surface area (Å²) >= 11 is 0. The number of amides is 1. The van der Waals surface area contributed by atoms with Gasteiger partial charge in [0.25, 0.3) is 5.91 Å². The van der Waals surface area contributed by atoms with Crippen molar-refractivity contribution in [3.63, 3.8) is 0 Å². The third kappa shape index (κ3) is 4.74. The Morgan fingerprint density at radius 3 is 2.81 bits per heavy atom. The van der Waals surface area contributed by atoms with Gasteiger partial charge in [-0.25, -0.2) is 9.37 Å². The first-order chi connectivity index (χ1) is 15.0. The number of rotatable bonds is 5. The Balaban J connectivity index is 1.61. The molecule has 31 heavy (non-hydrogen) atoms. The number of pyridine rings is 2. The van der Waals surface area contributed by atoms with Crippen molar-refractivity contribution < 1.29 is 9.18 Å². The molecule has 1 aromatic carbocycles. The predicted molar refractivity (Wildman–Crippen MR) is 120 cm³/mol. The minimum Gasteiger partial charge on any atom is -0.368 e. The van der Waals surface area contributed by atoms with Crippen LogP contribution in [0.5, 0.6) is 0 Å². The van der Waals surface area contributed by atoms with Gasteiger partial charge < -0.3 is 10.2 Å². The third-order valence-electron chi connectivity index (χ3n) is 5.94. The number of carbonyl (C=O) groups excluding carboxylic acids is 1. The SMILES string of the molecule is Cc1ccc(-c2ccccn2)c(C(=O)N2CCC[C@@H](C)C2CNc2ccc(F)cn2)c1. The highest BCUT2D eigenvalue weighted by molar-refractivity contribution is 6.01. The standard InChI is InChI=1S/C25H27FN4O/c1-17-8-10-20(22-7-3-4-12-27-22)21(14-17)25(31)30-13-5-6-18(2)23(30)16-29-24-11-9-19(26)15-28-24/h3-4,7-12,14-15,18,23H,5-6,13,16H2,1-2H3,(H,28,29)/t18-,23?/m1/s1. The molecule has 0 bridgehead atoms. The fraction of sp³-hybridized carbons (Fsp3) is 0.320. The van der Waals surface area contributed by atoms with Crippen molar-refractivity contribution in [2.75, 3.05) is 18.4 Å². The Kier molecular flexibility index (Phi) is 6.26. The minimum absolute atomic E-state index is 0.0187. The van der Waals surface area contributed by atoms with E-state index >= 15 is 0 Å². The number of nitrogens with zero attached hydrogens (tertiary/aromatic N) is 3. The fourth-order valence-corrected chi connectivity index (χ4v) is 4.24. The van der Waals surface area contributed by atoms with E-state index in [0.29, 0.717) is 30.4 Å². The molecule has 160 valence electrons. The molecular weight excluding hydrogens is 391 g/mol. The van der Waals surface area contributed by atoms with Gasteiger partial charge in [0.1, 0.15) is 11.6 Å². The minimum atomic E-state index is -0.366. The molecule has 1 saturated heterocycles. The molecule has 1 amide bonds. The second-order valence-corrected chi connectivity index (χ2v) is 8.19. The average Bonchev–Trinajstić information content (AvgIpc) is 2.79. The Bertz CT molecular complexity index is 1040. The quantitative estimate of drug-likeness (QED) is 0.637. The van der Waals surface area contributed by atoms with Crippen LogP contribution < -0.4 is 5.32 Å². The zero-order valence-corrected chi connectivity index (χ0v) is 17.9. The van der Waals surface area contributed by atoms with Gasteiger partial charge in [-0.3, -0.25) is 9.78 Å². The molecule has 0 spiro atoms. The number of halogens is 1. The van der Waals surface area contributed by atoms with E-state index in [1.807, 2.05) is 48.2 Å². The Hall–Kier alpha value is -3.28. The Labute approximate surface area is 182 Å². The summed E-state index contributed by atoms with van der Waals surface area (Å²) in [4.78, 5) is 24.3. The molecule has 0 saturated carbocycles. The molecule has 6 heteroatoms. The second kappa shape index (κ2) is 9.25. The van der Waals surface area contributed by atoms with Gasteiger partial charge in [-0.15, -0.1) is 0 Å². The number of nitrogens with one attached hydrogen (secondary N) is 1. The molecule has 3 aromatic rings. The lowest BCUT2D eigenvalue weighted by Gasteiger charge is -2.40. The molecule has 2 atom stereocenters. The molecule has 0 aliphatic carbocycles. The van der Waals surface area contributed by atoms with Crippen LogP contribution >= 0.6 is 0 Å². The van der Waals surface area contributed by atoms with E-state index in [4.69, 9.17) is 0 Å². The van der Waals surface area contributed by atoms with Gasteiger partial charge in [0.15, 0.2) is 0 Å². The summed E-state index contributed by atoms with van der Waals surface area (Å²) in [5, 5.41) is 3.28. The topological polar surface area (TPSA) is 58.1 Å². The number of piperidine rings is 1. The normalized spacial score (nSPS) is 18.6. The highest BCUT2D eigenvalue weighted by Crippen LogP contribution is 2.29. The number of anilines is 1. The summed E-state index contributed by atoms with van der Waals surface area (Å²) < 4.78 is 13.2. The summed E-state index contributed by atoms with van der Waals surface area (Å²) in [5.74, 6) is 0.606. The van der Waals surface area contributed by atoms with Crippen molar-refractivity contribution in [3.05, 3.63) is 77.9 Å². The number of aryl methyl sites for hydroxylation is 1. The molecule has 1 fully saturated rings. The van der Waals surface area contributed by atoms with Crippen molar-refractivity contribution in [2.45, 2.75) is 32.7 Å². The Morgan fingerprint density at radius 1 is 1.19 bits per heavy atom. The third-order valence-corrected chi connectivity index (χ3v) is 5.94. The van der Waals surface area contributed by atoms with Gasteiger partial charge in [0.05, 0.1) is 17.9 Å². The Morgan fingerprint density at radius 2 is 2.06 bits per heavy atom. The van der Waals surface area contributed by atoms with Gasteiger partial charge in [-0.05, 0) is 56.0 Å². The molecular formula is C25H27FN4O. The van der Waals surface area contributed by atoms with E-state index in [2.05, 4.69) is 22.2 Å². The maximum Gasteiger partial charge on any atom is 0.254 e. The van der Waals surface area contributed by atoms with Crippen molar-refractivity contribution >= 4 is 11.7 Å². The number of likely N-dealkylation sites (tertiary alicyclic amines) is 1. The molecule has 1 N–H and O–H groups in total. The van der Waals surface area contributed by atoms with E-state index in [1.54, 1.807) is 12.3 Å². The zero-order valence-electron chi connectivity index (χ0n) is 17.9. The first kappa shape index (κ1) is 21.0. The van der Waals surface area contributed by atoms with Crippen LogP contribution in [0.4, 0.5) is 10.2 Å². The molecule has 2 aromatic heterocycles. The predicted octanol–water partition coefficient (Wildman–Crippen LogP) is 4.94. The van der Waals surface area contributed by atoms with E-state index < -0.39 is 0 Å². The van der Waals surface area contributed by atoms with Gasteiger partial charge in [-0.1, -0.05) is 30.7 Å². The zero-order chi connectivity index (χ0) is 21.8. The van der Waals surface area contributed by atoms with Crippen molar-refractivity contribution in [1.82, 2.24) is 14.9 Å². The maximum absolute atomic E-state index is 13.8. The number of benzene rings is 1. The van der Waals surface area contributed by atoms with Crippen molar-refractivity contribution in [3.8, 4) is 11.3 Å². The van der Waals surface area contributed by atoms with Crippen LogP contribution in [0.1, 0.15) is 35.7 Å². The smallest absolute Gasteiger partial charge is 0.254 e. The van der Waals surface area contributed by atoms with Gasteiger partial charge in [0, 0.05) is 30.4 Å². The van der Waals surface area contributed by atoms with Crippen molar-refractivity contribution in [1.29, 1.82) is 0 Å².